The topological polar surface area (TPSA) is 38.1 Å². The Kier molecular flexibility index (Phi) is 6.78. The van der Waals surface area contributed by atoms with Crippen LogP contribution in [0.4, 0.5) is 0 Å². The maximum Gasteiger partial charge on any atom is 0.133 e. The smallest absolute Gasteiger partial charge is 0.133 e. The molecule has 0 bridgehead atoms. The molecule has 0 N–H and O–H groups in total. The van der Waals surface area contributed by atoms with E-state index in [9.17, 15) is 4.79 Å². The van der Waals surface area contributed by atoms with Gasteiger partial charge in [-0.1, -0.05) is 24.9 Å². The fourth-order valence-corrected chi connectivity index (χ4v) is 5.12. The molecule has 31 heavy (non-hydrogen) atoms. The first-order chi connectivity index (χ1) is 15.0. The normalized spacial score (nSPS) is 15.2. The van der Waals surface area contributed by atoms with Gasteiger partial charge in [-0.05, 0) is 61.3 Å². The maximum absolute atomic E-state index is 12.8. The Bertz CT molecular complexity index is 1090. The van der Waals surface area contributed by atoms with Crippen molar-refractivity contribution in [3.05, 3.63) is 64.1 Å². The molecule has 0 aliphatic carbocycles. The number of carbonyl (C=O) groups is 1. The van der Waals surface area contributed by atoms with Gasteiger partial charge in [0, 0.05) is 78.8 Å². The highest BCUT2D eigenvalue weighted by Crippen LogP contribution is 2.35. The summed E-state index contributed by atoms with van der Waals surface area (Å²) in [5.41, 5.74) is 6.39. The van der Waals surface area contributed by atoms with Gasteiger partial charge in [0.1, 0.15) is 5.78 Å². The van der Waals surface area contributed by atoms with Crippen LogP contribution >= 0.6 is 11.6 Å². The van der Waals surface area contributed by atoms with E-state index in [4.69, 9.17) is 11.6 Å². The van der Waals surface area contributed by atoms with Crippen molar-refractivity contribution in [3.8, 4) is 0 Å². The minimum Gasteiger partial charge on any atom is -0.344 e. The van der Waals surface area contributed by atoms with E-state index >= 15 is 0 Å². The summed E-state index contributed by atoms with van der Waals surface area (Å²) in [4.78, 5) is 19.5. The number of carbonyl (C=O) groups excluding carboxylic acids is 1. The summed E-state index contributed by atoms with van der Waals surface area (Å²) in [6.07, 6.45) is 8.04. The van der Waals surface area contributed by atoms with E-state index in [0.29, 0.717) is 18.6 Å². The van der Waals surface area contributed by atoms with E-state index < -0.39 is 0 Å². The van der Waals surface area contributed by atoms with E-state index in [1.54, 1.807) is 0 Å². The van der Waals surface area contributed by atoms with Crippen molar-refractivity contribution in [2.75, 3.05) is 13.6 Å². The molecule has 0 saturated carbocycles. The van der Waals surface area contributed by atoms with Crippen LogP contribution in [0.2, 0.25) is 5.02 Å². The van der Waals surface area contributed by atoms with E-state index in [1.165, 1.54) is 27.7 Å². The molecule has 1 aromatic carbocycles. The van der Waals surface area contributed by atoms with Gasteiger partial charge in [0.15, 0.2) is 0 Å². The Morgan fingerprint density at radius 2 is 2.13 bits per heavy atom. The highest BCUT2D eigenvalue weighted by atomic mass is 35.5. The Hall–Kier alpha value is -2.17. The molecule has 0 amide bonds. The zero-order valence-electron chi connectivity index (χ0n) is 18.8. The van der Waals surface area contributed by atoms with Crippen LogP contribution in [0.25, 0.3) is 10.9 Å². The van der Waals surface area contributed by atoms with Crippen molar-refractivity contribution < 1.29 is 4.79 Å². The molecular formula is C26H32ClN3O. The standard InChI is InChI=1S/C26H32ClN3O/c1-4-5-6-21(31)13-19(22-9-11-28-15-18(22)2)16-30-25-8-7-20(27)14-23(25)24-17-29(3)12-10-26(24)30/h7-9,11,14-15,19H,4-6,10,12-13,16-17H2,1-3H3. The van der Waals surface area contributed by atoms with Crippen LogP contribution in [0.3, 0.4) is 0 Å². The minimum absolute atomic E-state index is 0.141. The average Bonchev–Trinajstić information content (AvgIpc) is 3.04. The Labute approximate surface area is 190 Å². The highest BCUT2D eigenvalue weighted by Gasteiger charge is 2.26. The summed E-state index contributed by atoms with van der Waals surface area (Å²) in [6.45, 7) is 7.03. The van der Waals surface area contributed by atoms with Crippen LogP contribution in [0.5, 0.6) is 0 Å². The van der Waals surface area contributed by atoms with Crippen LogP contribution < -0.4 is 0 Å². The second-order valence-electron chi connectivity index (χ2n) is 8.96. The van der Waals surface area contributed by atoms with Crippen LogP contribution in [-0.2, 0) is 24.3 Å². The molecule has 1 aliphatic rings. The van der Waals surface area contributed by atoms with Crippen LogP contribution in [0.15, 0.2) is 36.7 Å². The van der Waals surface area contributed by atoms with E-state index in [-0.39, 0.29) is 5.92 Å². The molecule has 3 aromatic rings. The molecule has 5 heteroatoms. The lowest BCUT2D eigenvalue weighted by molar-refractivity contribution is -0.119. The van der Waals surface area contributed by atoms with Gasteiger partial charge in [-0.25, -0.2) is 0 Å². The summed E-state index contributed by atoms with van der Waals surface area (Å²) in [7, 11) is 2.17. The van der Waals surface area contributed by atoms with Crippen molar-refractivity contribution in [3.63, 3.8) is 0 Å². The number of benzene rings is 1. The number of ketones is 1. The molecule has 2 aromatic heterocycles. The molecule has 0 saturated heterocycles. The van der Waals surface area contributed by atoms with Crippen LogP contribution in [-0.4, -0.2) is 33.8 Å². The number of aryl methyl sites for hydroxylation is 1. The van der Waals surface area contributed by atoms with Gasteiger partial charge in [0.2, 0.25) is 0 Å². The number of likely N-dealkylation sites (N-methyl/N-ethyl adjacent to an activating group) is 1. The number of unbranched alkanes of at least 4 members (excludes halogenated alkanes) is 1. The summed E-state index contributed by atoms with van der Waals surface area (Å²) < 4.78 is 2.46. The number of fused-ring (bicyclic) bond motifs is 3. The van der Waals surface area contributed by atoms with Gasteiger partial charge in [-0.2, -0.15) is 0 Å². The molecule has 4 rings (SSSR count). The third kappa shape index (κ3) is 4.70. The Morgan fingerprint density at radius 1 is 1.29 bits per heavy atom. The minimum atomic E-state index is 0.141. The lowest BCUT2D eigenvalue weighted by atomic mass is 9.90. The molecule has 1 aliphatic heterocycles. The number of aromatic nitrogens is 2. The zero-order chi connectivity index (χ0) is 22.0. The Morgan fingerprint density at radius 3 is 2.90 bits per heavy atom. The van der Waals surface area contributed by atoms with Crippen LogP contribution in [0.1, 0.15) is 60.9 Å². The second kappa shape index (κ2) is 9.54. The number of hydrogen-bond acceptors (Lipinski definition) is 3. The Balaban J connectivity index is 1.76. The van der Waals surface area contributed by atoms with Gasteiger partial charge in [-0.15, -0.1) is 0 Å². The molecular weight excluding hydrogens is 406 g/mol. The van der Waals surface area contributed by atoms with Gasteiger partial charge < -0.3 is 9.47 Å². The highest BCUT2D eigenvalue weighted by molar-refractivity contribution is 6.31. The van der Waals surface area contributed by atoms with Crippen molar-refractivity contribution in [1.29, 1.82) is 0 Å². The largest absolute Gasteiger partial charge is 0.344 e. The predicted octanol–water partition coefficient (Wildman–Crippen LogP) is 5.92. The van der Waals surface area contributed by atoms with Gasteiger partial charge in [-0.3, -0.25) is 9.78 Å². The quantitative estimate of drug-likeness (QED) is 0.439. The monoisotopic (exact) mass is 437 g/mol. The van der Waals surface area contributed by atoms with Gasteiger partial charge in [0.05, 0.1) is 0 Å². The molecule has 4 nitrogen and oxygen atoms in total. The number of halogens is 1. The second-order valence-corrected chi connectivity index (χ2v) is 9.40. The molecule has 1 atom stereocenters. The lowest BCUT2D eigenvalue weighted by Crippen LogP contribution is -2.28. The average molecular weight is 438 g/mol. The van der Waals surface area contributed by atoms with Crippen LogP contribution in [0, 0.1) is 6.92 Å². The number of rotatable bonds is 8. The maximum atomic E-state index is 12.8. The van der Waals surface area contributed by atoms with Gasteiger partial charge >= 0.3 is 0 Å². The van der Waals surface area contributed by atoms with E-state index in [1.807, 2.05) is 18.5 Å². The number of nitrogens with zero attached hydrogens (tertiary/aromatic N) is 3. The fourth-order valence-electron chi connectivity index (χ4n) is 4.95. The number of hydrogen-bond donors (Lipinski definition) is 0. The summed E-state index contributed by atoms with van der Waals surface area (Å²) in [5, 5.41) is 2.02. The summed E-state index contributed by atoms with van der Waals surface area (Å²) in [5.74, 6) is 0.499. The molecule has 0 fully saturated rings. The molecule has 0 radical (unpaired) electrons. The molecule has 1 unspecified atom stereocenters. The van der Waals surface area contributed by atoms with Gasteiger partial charge in [0.25, 0.3) is 0 Å². The molecule has 164 valence electrons. The summed E-state index contributed by atoms with van der Waals surface area (Å²) >= 11 is 6.37. The first-order valence-electron chi connectivity index (χ1n) is 11.4. The molecule has 0 spiro atoms. The van der Waals surface area contributed by atoms with Crippen molar-refractivity contribution in [1.82, 2.24) is 14.5 Å². The first-order valence-corrected chi connectivity index (χ1v) is 11.8. The van der Waals surface area contributed by atoms with E-state index in [2.05, 4.69) is 53.5 Å². The first kappa shape index (κ1) is 22.0. The SMILES string of the molecule is CCCCC(=O)CC(Cn1c2c(c3cc(Cl)ccc31)CN(C)CC2)c1ccncc1C. The number of Topliss-reactive ketones (excluding diaryl/α,β-unsaturated/α-hetero) is 1. The third-order valence-electron chi connectivity index (χ3n) is 6.60. The summed E-state index contributed by atoms with van der Waals surface area (Å²) in [6, 6.07) is 8.32. The fraction of sp³-hybridized carbons (Fsp3) is 0.462. The molecule has 3 heterocycles. The van der Waals surface area contributed by atoms with Crippen molar-refractivity contribution in [2.45, 2.75) is 65.0 Å². The van der Waals surface area contributed by atoms with Crippen molar-refractivity contribution in [2.24, 2.45) is 0 Å². The van der Waals surface area contributed by atoms with Crippen molar-refractivity contribution >= 4 is 28.3 Å². The predicted molar refractivity (Wildman–Crippen MR) is 128 cm³/mol. The van der Waals surface area contributed by atoms with E-state index in [0.717, 1.165) is 49.5 Å². The zero-order valence-corrected chi connectivity index (χ0v) is 19.6. The lowest BCUT2D eigenvalue weighted by Gasteiger charge is -2.26. The third-order valence-corrected chi connectivity index (χ3v) is 6.83. The number of pyridine rings is 1.